The van der Waals surface area contributed by atoms with Crippen LogP contribution in [-0.4, -0.2) is 114 Å². The van der Waals surface area contributed by atoms with Crippen LogP contribution >= 0.6 is 0 Å². The van der Waals surface area contributed by atoms with Gasteiger partial charge in [-0.2, -0.15) is 16.8 Å². The molecule has 0 spiro atoms. The first-order valence-corrected chi connectivity index (χ1v) is 16.1. The van der Waals surface area contributed by atoms with Crippen LogP contribution in [0.3, 0.4) is 0 Å². The van der Waals surface area contributed by atoms with Crippen LogP contribution in [0, 0.1) is 0 Å². The molecule has 0 saturated heterocycles. The zero-order valence-electron chi connectivity index (χ0n) is 21.7. The molecule has 0 aliphatic heterocycles. The van der Waals surface area contributed by atoms with Gasteiger partial charge in [-0.1, -0.05) is 129 Å². The molecule has 0 aromatic heterocycles. The Hall–Kier alpha value is 2.14. The second-order valence-electron chi connectivity index (χ2n) is 8.86. The number of hydrogen-bond acceptors (Lipinski definition) is 6. The maximum atomic E-state index is 10.2. The topological polar surface area (TPSA) is 127 Å². The zero-order valence-corrected chi connectivity index (χ0v) is 23.3. The molecule has 0 aliphatic carbocycles. The van der Waals surface area contributed by atoms with Gasteiger partial charge >= 0.3 is 95.2 Å². The van der Waals surface area contributed by atoms with Gasteiger partial charge in [-0.25, -0.2) is 8.37 Å². The van der Waals surface area contributed by atoms with Gasteiger partial charge in [0.2, 0.25) is 0 Å². The van der Waals surface area contributed by atoms with E-state index in [-0.39, 0.29) is 87.7 Å². The third-order valence-electron chi connectivity index (χ3n) is 5.46. The summed E-state index contributed by atoms with van der Waals surface area (Å²) in [7, 11) is -8.47. The largest absolute Gasteiger partial charge is 0.316 e. The second kappa shape index (κ2) is 33.3. The summed E-state index contributed by atoms with van der Waals surface area (Å²) in [4.78, 5) is 0. The molecule has 0 amide bonds. The maximum absolute atomic E-state index is 10.2. The van der Waals surface area contributed by atoms with Crippen LogP contribution in [0.4, 0.5) is 0 Å². The van der Waals surface area contributed by atoms with E-state index in [2.05, 4.69) is 22.2 Å². The first kappa shape index (κ1) is 45.1. The molecule has 0 radical (unpaired) electrons. The van der Waals surface area contributed by atoms with E-state index in [1.807, 2.05) is 0 Å². The quantitative estimate of drug-likeness (QED) is 0.0800. The van der Waals surface area contributed by atoms with Gasteiger partial charge in [0.05, 0.1) is 13.2 Å². The van der Waals surface area contributed by atoms with Crippen LogP contribution in [-0.2, 0) is 29.2 Å². The molecule has 214 valence electrons. The molecular formula is C24H55KMgO8S2. The normalized spacial score (nSPS) is 11.2. The molecule has 0 bridgehead atoms. The molecule has 0 heterocycles. The van der Waals surface area contributed by atoms with E-state index in [9.17, 15) is 16.8 Å². The summed E-state index contributed by atoms with van der Waals surface area (Å²) in [6.07, 6.45) is 23.7. The SMILES string of the molecule is CCCCCCCCCCCCOS(=O)(=O)O.CCCCCCCCCCCCOS(=O)(=O)O.[KH].[MgH2]. The number of rotatable bonds is 24. The van der Waals surface area contributed by atoms with Crippen LogP contribution in [0.2, 0.25) is 0 Å². The standard InChI is InChI=1S/2C12H26O4S.K.Mg.3H/c2*1-2-3-4-5-6-7-8-9-10-11-12-16-17(13,14)15;;;;;/h2*2-12H2,1H3,(H,13,14,15);;;;;. The average molecular weight is 599 g/mol. The van der Waals surface area contributed by atoms with Crippen LogP contribution in [0.15, 0.2) is 0 Å². The first-order chi connectivity index (χ1) is 16.1. The molecule has 2 N–H and O–H groups in total. The maximum Gasteiger partial charge on any atom is 0.316 e. The van der Waals surface area contributed by atoms with Gasteiger partial charge < -0.3 is 0 Å². The minimum atomic E-state index is -4.23. The van der Waals surface area contributed by atoms with Gasteiger partial charge in [0.15, 0.2) is 0 Å². The Labute approximate surface area is 281 Å². The predicted molar refractivity (Wildman–Crippen MR) is 154 cm³/mol. The fraction of sp³-hybridized carbons (Fsp3) is 1.00. The van der Waals surface area contributed by atoms with Gasteiger partial charge in [0.1, 0.15) is 0 Å². The Kier molecular flexibility index (Phi) is 41.8. The van der Waals surface area contributed by atoms with Crippen molar-refractivity contribution >= 4 is 95.2 Å². The van der Waals surface area contributed by atoms with Crippen molar-refractivity contribution < 1.29 is 34.3 Å². The molecule has 12 heteroatoms. The first-order valence-electron chi connectivity index (χ1n) is 13.4. The minimum Gasteiger partial charge on any atom is 0.316 e. The van der Waals surface area contributed by atoms with E-state index in [1.54, 1.807) is 0 Å². The van der Waals surface area contributed by atoms with Crippen molar-refractivity contribution in [3.63, 3.8) is 0 Å². The van der Waals surface area contributed by atoms with E-state index < -0.39 is 20.8 Å². The fourth-order valence-corrected chi connectivity index (χ4v) is 4.16. The number of hydrogen-bond donors (Lipinski definition) is 2. The summed E-state index contributed by atoms with van der Waals surface area (Å²) in [5, 5.41) is 0. The molecule has 36 heavy (non-hydrogen) atoms. The molecule has 0 saturated carbocycles. The Balaban J connectivity index is -0.000000269. The zero-order chi connectivity index (χ0) is 26.0. The molecule has 0 aliphatic rings. The van der Waals surface area contributed by atoms with Crippen molar-refractivity contribution in [2.75, 3.05) is 13.2 Å². The van der Waals surface area contributed by atoms with Crippen molar-refractivity contribution in [2.24, 2.45) is 0 Å². The van der Waals surface area contributed by atoms with Gasteiger partial charge in [-0.05, 0) is 12.8 Å². The predicted octanol–water partition coefficient (Wildman–Crippen LogP) is 5.89. The summed E-state index contributed by atoms with van der Waals surface area (Å²) >= 11 is 0. The van der Waals surface area contributed by atoms with Crippen LogP contribution < -0.4 is 0 Å². The minimum absolute atomic E-state index is 0. The van der Waals surface area contributed by atoms with Crippen LogP contribution in [0.25, 0.3) is 0 Å². The van der Waals surface area contributed by atoms with Crippen LogP contribution in [0.1, 0.15) is 142 Å². The summed E-state index contributed by atoms with van der Waals surface area (Å²) in [5.74, 6) is 0. The Morgan fingerprint density at radius 3 is 0.833 bits per heavy atom. The Bertz CT molecular complexity index is 566. The van der Waals surface area contributed by atoms with E-state index in [1.165, 1.54) is 89.9 Å². The second-order valence-corrected chi connectivity index (χ2v) is 11.0. The molecule has 0 aromatic carbocycles. The molecule has 0 atom stereocenters. The molecule has 8 nitrogen and oxygen atoms in total. The molecule has 0 rings (SSSR count). The van der Waals surface area contributed by atoms with Crippen molar-refractivity contribution in [2.45, 2.75) is 142 Å². The summed E-state index contributed by atoms with van der Waals surface area (Å²) in [6, 6.07) is 0. The Morgan fingerprint density at radius 2 is 0.639 bits per heavy atom. The third-order valence-corrected chi connectivity index (χ3v) is 6.39. The number of unbranched alkanes of at least 4 members (excludes halogenated alkanes) is 18. The van der Waals surface area contributed by atoms with Crippen molar-refractivity contribution in [1.29, 1.82) is 0 Å². The van der Waals surface area contributed by atoms with E-state index >= 15 is 0 Å². The molecule has 0 aromatic rings. The third kappa shape index (κ3) is 49.1. The van der Waals surface area contributed by atoms with E-state index in [0.29, 0.717) is 12.8 Å². The smallest absolute Gasteiger partial charge is 0.316 e. The summed E-state index contributed by atoms with van der Waals surface area (Å²) < 4.78 is 66.0. The monoisotopic (exact) mass is 598 g/mol. The fourth-order valence-electron chi connectivity index (χ4n) is 3.51. The Morgan fingerprint density at radius 1 is 0.444 bits per heavy atom. The molecular weight excluding hydrogens is 544 g/mol. The summed E-state index contributed by atoms with van der Waals surface area (Å²) in [6.45, 7) is 4.62. The van der Waals surface area contributed by atoms with E-state index in [0.717, 1.165) is 25.7 Å². The van der Waals surface area contributed by atoms with Gasteiger partial charge in [0, 0.05) is 0 Å². The summed E-state index contributed by atoms with van der Waals surface area (Å²) in [5.41, 5.74) is 0. The molecule has 0 unspecified atom stereocenters. The van der Waals surface area contributed by atoms with E-state index in [4.69, 9.17) is 9.11 Å². The van der Waals surface area contributed by atoms with Crippen LogP contribution in [0.5, 0.6) is 0 Å². The molecule has 0 fully saturated rings. The van der Waals surface area contributed by atoms with Crippen molar-refractivity contribution in [1.82, 2.24) is 0 Å². The van der Waals surface area contributed by atoms with Crippen molar-refractivity contribution in [3.05, 3.63) is 0 Å². The van der Waals surface area contributed by atoms with Gasteiger partial charge in [0.25, 0.3) is 0 Å². The van der Waals surface area contributed by atoms with Gasteiger partial charge in [-0.15, -0.1) is 0 Å². The average Bonchev–Trinajstić information content (AvgIpc) is 2.75. The van der Waals surface area contributed by atoms with Gasteiger partial charge in [-0.3, -0.25) is 9.11 Å². The van der Waals surface area contributed by atoms with Crippen molar-refractivity contribution in [3.8, 4) is 0 Å².